The van der Waals surface area contributed by atoms with E-state index in [1.807, 2.05) is 0 Å². The molecule has 0 bridgehead atoms. The molecule has 176 valence electrons. The molecule has 0 heterocycles. The zero-order valence-corrected chi connectivity index (χ0v) is 18.9. The maximum atomic E-state index is 11.0. The second-order valence-corrected chi connectivity index (χ2v) is 8.56. The van der Waals surface area contributed by atoms with E-state index in [0.29, 0.717) is 43.4 Å². The maximum absolute atomic E-state index is 11.0. The summed E-state index contributed by atoms with van der Waals surface area (Å²) in [5, 5.41) is 27.0. The number of nitrogens with zero attached hydrogens (tertiary/aromatic N) is 1. The van der Waals surface area contributed by atoms with Crippen molar-refractivity contribution >= 4 is 17.9 Å². The van der Waals surface area contributed by atoms with Crippen molar-refractivity contribution in [2.45, 2.75) is 103 Å². The molecular weight excluding hydrogens is 386 g/mol. The number of quaternary nitrogens is 1. The van der Waals surface area contributed by atoms with Crippen LogP contribution < -0.4 is 0 Å². The number of hydrogen-bond acceptors (Lipinski definition) is 3. The monoisotopic (exact) mass is 430 g/mol. The number of rotatable bonds is 22. The summed E-state index contributed by atoms with van der Waals surface area (Å²) in [5.74, 6) is -2.48. The molecule has 0 unspecified atom stereocenters. The van der Waals surface area contributed by atoms with Gasteiger partial charge in [-0.25, -0.2) is 0 Å². The van der Waals surface area contributed by atoms with Crippen LogP contribution in [0.3, 0.4) is 0 Å². The molecule has 0 saturated carbocycles. The molecule has 7 heteroatoms. The Morgan fingerprint density at radius 2 is 0.800 bits per heavy atom. The third-order valence-electron chi connectivity index (χ3n) is 5.81. The highest BCUT2D eigenvalue weighted by molar-refractivity contribution is 5.67. The van der Waals surface area contributed by atoms with Crippen LogP contribution in [0.1, 0.15) is 103 Å². The minimum atomic E-state index is -0.827. The van der Waals surface area contributed by atoms with E-state index in [2.05, 4.69) is 6.92 Å². The first kappa shape index (κ1) is 28.4. The molecule has 0 aromatic rings. The SMILES string of the molecule is CCCCCCCCCCC[N+](CCCC(=O)O)(CCCC(=O)O)CCCC(=O)O. The van der Waals surface area contributed by atoms with Crippen molar-refractivity contribution in [3.8, 4) is 0 Å². The molecule has 0 radical (unpaired) electrons. The fraction of sp³-hybridized carbons (Fsp3) is 0.870. The average Bonchev–Trinajstić information content (AvgIpc) is 2.65. The zero-order valence-electron chi connectivity index (χ0n) is 18.9. The third kappa shape index (κ3) is 17.2. The molecule has 0 amide bonds. The van der Waals surface area contributed by atoms with E-state index in [1.54, 1.807) is 0 Å². The van der Waals surface area contributed by atoms with Crippen LogP contribution in [-0.2, 0) is 14.4 Å². The summed E-state index contributed by atoms with van der Waals surface area (Å²) in [6.07, 6.45) is 12.9. The lowest BCUT2D eigenvalue weighted by molar-refractivity contribution is -0.929. The molecule has 0 rings (SSSR count). The first-order valence-corrected chi connectivity index (χ1v) is 11.8. The molecule has 7 nitrogen and oxygen atoms in total. The van der Waals surface area contributed by atoms with Gasteiger partial charge in [0, 0.05) is 19.3 Å². The number of unbranched alkanes of at least 4 members (excludes halogenated alkanes) is 8. The Kier molecular flexibility index (Phi) is 17.2. The number of carboxylic acids is 3. The Balaban J connectivity index is 4.66. The molecule has 0 aliphatic carbocycles. The van der Waals surface area contributed by atoms with Crippen LogP contribution in [0.5, 0.6) is 0 Å². The van der Waals surface area contributed by atoms with E-state index in [4.69, 9.17) is 15.3 Å². The molecule has 0 atom stereocenters. The number of carboxylic acid groups (broad SMARTS) is 3. The average molecular weight is 431 g/mol. The largest absolute Gasteiger partial charge is 0.481 e. The lowest BCUT2D eigenvalue weighted by atomic mass is 10.1. The Morgan fingerprint density at radius 1 is 0.500 bits per heavy atom. The van der Waals surface area contributed by atoms with Crippen LogP contribution in [0.25, 0.3) is 0 Å². The molecule has 0 fully saturated rings. The van der Waals surface area contributed by atoms with Crippen molar-refractivity contribution in [1.82, 2.24) is 0 Å². The molecule has 0 aromatic carbocycles. The second kappa shape index (κ2) is 18.2. The van der Waals surface area contributed by atoms with Gasteiger partial charge in [0.15, 0.2) is 0 Å². The molecule has 0 aromatic heterocycles. The summed E-state index contributed by atoms with van der Waals surface area (Å²) in [5.41, 5.74) is 0. The summed E-state index contributed by atoms with van der Waals surface area (Å²) < 4.78 is 0.643. The highest BCUT2D eigenvalue weighted by Gasteiger charge is 2.27. The third-order valence-corrected chi connectivity index (χ3v) is 5.81. The smallest absolute Gasteiger partial charge is 0.303 e. The van der Waals surface area contributed by atoms with E-state index in [0.717, 1.165) is 19.4 Å². The van der Waals surface area contributed by atoms with Crippen LogP contribution in [0, 0.1) is 0 Å². The standard InChI is InChI=1S/C23H43NO6/c1-2-3-4-5-6-7-8-9-10-17-24(18-11-14-21(25)26,19-12-15-22(27)28)20-13-16-23(29)30/h2-20H2,1H3,(H2-,25,26,27,28,29,30)/p+1. The van der Waals surface area contributed by atoms with Crippen molar-refractivity contribution in [1.29, 1.82) is 0 Å². The normalized spacial score (nSPS) is 11.5. The molecule has 0 saturated heterocycles. The molecule has 0 spiro atoms. The van der Waals surface area contributed by atoms with Gasteiger partial charge in [-0.1, -0.05) is 51.9 Å². The maximum Gasteiger partial charge on any atom is 0.303 e. The summed E-state index contributed by atoms with van der Waals surface area (Å²) in [7, 11) is 0. The predicted octanol–water partition coefficient (Wildman–Crippen LogP) is 4.93. The van der Waals surface area contributed by atoms with Gasteiger partial charge in [0.2, 0.25) is 0 Å². The van der Waals surface area contributed by atoms with E-state index >= 15 is 0 Å². The Bertz CT molecular complexity index is 430. The summed E-state index contributed by atoms with van der Waals surface area (Å²) in [6, 6.07) is 0. The topological polar surface area (TPSA) is 112 Å². The summed E-state index contributed by atoms with van der Waals surface area (Å²) >= 11 is 0. The van der Waals surface area contributed by atoms with Crippen LogP contribution in [-0.4, -0.2) is 63.9 Å². The first-order chi connectivity index (χ1) is 14.3. The Morgan fingerprint density at radius 3 is 1.13 bits per heavy atom. The van der Waals surface area contributed by atoms with E-state index in [1.165, 1.54) is 44.9 Å². The van der Waals surface area contributed by atoms with Gasteiger partial charge in [-0.2, -0.15) is 0 Å². The van der Waals surface area contributed by atoms with Gasteiger partial charge in [-0.15, -0.1) is 0 Å². The van der Waals surface area contributed by atoms with Crippen LogP contribution in [0.15, 0.2) is 0 Å². The fourth-order valence-corrected chi connectivity index (χ4v) is 4.13. The van der Waals surface area contributed by atoms with Gasteiger partial charge in [-0.05, 0) is 12.8 Å². The van der Waals surface area contributed by atoms with Crippen LogP contribution in [0.2, 0.25) is 0 Å². The molecule has 3 N–H and O–H groups in total. The van der Waals surface area contributed by atoms with Gasteiger partial charge in [0.05, 0.1) is 45.4 Å². The van der Waals surface area contributed by atoms with Crippen molar-refractivity contribution in [3.63, 3.8) is 0 Å². The first-order valence-electron chi connectivity index (χ1n) is 11.8. The Labute approximate surface area is 182 Å². The van der Waals surface area contributed by atoms with Gasteiger partial charge in [0.25, 0.3) is 0 Å². The fourth-order valence-electron chi connectivity index (χ4n) is 4.13. The van der Waals surface area contributed by atoms with E-state index in [9.17, 15) is 14.4 Å². The van der Waals surface area contributed by atoms with Crippen molar-refractivity contribution in [2.24, 2.45) is 0 Å². The van der Waals surface area contributed by atoms with Crippen molar-refractivity contribution in [2.75, 3.05) is 26.2 Å². The van der Waals surface area contributed by atoms with Gasteiger partial charge in [-0.3, -0.25) is 14.4 Å². The van der Waals surface area contributed by atoms with Gasteiger partial charge >= 0.3 is 17.9 Å². The Hall–Kier alpha value is -1.63. The van der Waals surface area contributed by atoms with Gasteiger partial charge in [0.1, 0.15) is 0 Å². The minimum absolute atomic E-state index is 0.0929. The lowest BCUT2D eigenvalue weighted by Crippen LogP contribution is -2.51. The number of hydrogen-bond donors (Lipinski definition) is 3. The van der Waals surface area contributed by atoms with E-state index < -0.39 is 17.9 Å². The van der Waals surface area contributed by atoms with E-state index in [-0.39, 0.29) is 19.3 Å². The summed E-state index contributed by atoms with van der Waals surface area (Å²) in [6.45, 7) is 5.09. The second-order valence-electron chi connectivity index (χ2n) is 8.56. The molecule has 0 aliphatic heterocycles. The van der Waals surface area contributed by atoms with Crippen molar-refractivity contribution in [3.05, 3.63) is 0 Å². The van der Waals surface area contributed by atoms with Crippen LogP contribution in [0.4, 0.5) is 0 Å². The summed E-state index contributed by atoms with van der Waals surface area (Å²) in [4.78, 5) is 32.9. The zero-order chi connectivity index (χ0) is 22.7. The minimum Gasteiger partial charge on any atom is -0.481 e. The predicted molar refractivity (Wildman–Crippen MR) is 118 cm³/mol. The molecule has 30 heavy (non-hydrogen) atoms. The van der Waals surface area contributed by atoms with Crippen LogP contribution >= 0.6 is 0 Å². The quantitative estimate of drug-likeness (QED) is 0.166. The number of aliphatic carboxylic acids is 3. The molecular formula is C23H44NO6+. The number of carbonyl (C=O) groups is 3. The highest BCUT2D eigenvalue weighted by Crippen LogP contribution is 2.18. The molecule has 0 aliphatic rings. The van der Waals surface area contributed by atoms with Crippen molar-refractivity contribution < 1.29 is 34.2 Å². The van der Waals surface area contributed by atoms with Gasteiger partial charge < -0.3 is 19.8 Å². The highest BCUT2D eigenvalue weighted by atomic mass is 16.4. The lowest BCUT2D eigenvalue weighted by Gasteiger charge is -2.39.